The van der Waals surface area contributed by atoms with Gasteiger partial charge in [-0.2, -0.15) is 0 Å². The first-order valence-electron chi connectivity index (χ1n) is 6.24. The van der Waals surface area contributed by atoms with Crippen LogP contribution in [0, 0.1) is 11.7 Å². The second-order valence-electron chi connectivity index (χ2n) is 4.41. The number of anilines is 1. The number of hydrogen-bond acceptors (Lipinski definition) is 3. The summed E-state index contributed by atoms with van der Waals surface area (Å²) in [6, 6.07) is 1.46. The molecule has 2 rings (SSSR count). The molecule has 5 heteroatoms. The van der Waals surface area contributed by atoms with E-state index in [9.17, 15) is 9.18 Å². The summed E-state index contributed by atoms with van der Waals surface area (Å²) in [4.78, 5) is 15.8. The number of halogens is 1. The molecule has 0 aliphatic carbocycles. The third kappa shape index (κ3) is 2.85. The Bertz CT molecular complexity index is 425. The zero-order chi connectivity index (χ0) is 13.0. The normalized spacial score (nSPS) is 23.7. The molecule has 18 heavy (non-hydrogen) atoms. The van der Waals surface area contributed by atoms with Crippen LogP contribution in [0.15, 0.2) is 18.5 Å². The van der Waals surface area contributed by atoms with Crippen LogP contribution in [0.3, 0.4) is 0 Å². The SMILES string of the molecule is CCC1OCCCC1C(=O)Nc1ccncc1F. The largest absolute Gasteiger partial charge is 0.377 e. The minimum absolute atomic E-state index is 0.0661. The van der Waals surface area contributed by atoms with E-state index in [1.165, 1.54) is 12.3 Å². The van der Waals surface area contributed by atoms with Crippen LogP contribution in [0.25, 0.3) is 0 Å². The van der Waals surface area contributed by atoms with E-state index < -0.39 is 5.82 Å². The first kappa shape index (κ1) is 13.0. The Labute approximate surface area is 106 Å². The number of hydrogen-bond donors (Lipinski definition) is 1. The van der Waals surface area contributed by atoms with Crippen LogP contribution in [0.4, 0.5) is 10.1 Å². The van der Waals surface area contributed by atoms with Crippen LogP contribution in [0.2, 0.25) is 0 Å². The molecule has 1 aromatic rings. The lowest BCUT2D eigenvalue weighted by molar-refractivity contribution is -0.129. The van der Waals surface area contributed by atoms with E-state index in [1.54, 1.807) is 0 Å². The van der Waals surface area contributed by atoms with Gasteiger partial charge in [-0.15, -0.1) is 0 Å². The summed E-state index contributed by atoms with van der Waals surface area (Å²) < 4.78 is 18.9. The van der Waals surface area contributed by atoms with Crippen LogP contribution < -0.4 is 5.32 Å². The second-order valence-corrected chi connectivity index (χ2v) is 4.41. The van der Waals surface area contributed by atoms with Gasteiger partial charge in [0.25, 0.3) is 0 Å². The van der Waals surface area contributed by atoms with Crippen molar-refractivity contribution in [1.29, 1.82) is 0 Å². The van der Waals surface area contributed by atoms with Gasteiger partial charge in [-0.25, -0.2) is 4.39 Å². The lowest BCUT2D eigenvalue weighted by Crippen LogP contribution is -2.38. The standard InChI is InChI=1S/C13H17FN2O2/c1-2-12-9(4-3-7-18-12)13(17)16-11-5-6-15-8-10(11)14/h5-6,8-9,12H,2-4,7H2,1H3,(H,15,16,17). The maximum Gasteiger partial charge on any atom is 0.230 e. The van der Waals surface area contributed by atoms with Crippen molar-refractivity contribution >= 4 is 11.6 Å². The number of nitrogens with one attached hydrogen (secondary N) is 1. The molecule has 1 aliphatic heterocycles. The maximum atomic E-state index is 13.4. The maximum absolute atomic E-state index is 13.4. The number of carbonyl (C=O) groups is 1. The minimum atomic E-state index is -0.518. The van der Waals surface area contributed by atoms with Crippen molar-refractivity contribution in [2.24, 2.45) is 5.92 Å². The summed E-state index contributed by atoms with van der Waals surface area (Å²) in [6.07, 6.45) is 4.92. The fraction of sp³-hybridized carbons (Fsp3) is 0.538. The van der Waals surface area contributed by atoms with Gasteiger partial charge in [0.1, 0.15) is 0 Å². The second kappa shape index (κ2) is 5.91. The molecule has 1 aromatic heterocycles. The van der Waals surface area contributed by atoms with Crippen molar-refractivity contribution in [3.05, 3.63) is 24.3 Å². The number of pyridine rings is 1. The van der Waals surface area contributed by atoms with Crippen LogP contribution >= 0.6 is 0 Å². The molecular weight excluding hydrogens is 235 g/mol. The van der Waals surface area contributed by atoms with Crippen LogP contribution in [-0.2, 0) is 9.53 Å². The lowest BCUT2D eigenvalue weighted by Gasteiger charge is -2.30. The first-order chi connectivity index (χ1) is 8.72. The highest BCUT2D eigenvalue weighted by molar-refractivity contribution is 5.93. The van der Waals surface area contributed by atoms with Crippen LogP contribution in [0.1, 0.15) is 26.2 Å². The smallest absolute Gasteiger partial charge is 0.230 e. The molecule has 1 amide bonds. The van der Waals surface area contributed by atoms with Gasteiger partial charge in [-0.1, -0.05) is 6.92 Å². The van der Waals surface area contributed by atoms with E-state index in [-0.39, 0.29) is 23.6 Å². The molecule has 0 saturated carbocycles. The van der Waals surface area contributed by atoms with Gasteiger partial charge in [0.05, 0.1) is 23.9 Å². The number of carbonyl (C=O) groups excluding carboxylic acids is 1. The highest BCUT2D eigenvalue weighted by Crippen LogP contribution is 2.25. The third-order valence-electron chi connectivity index (χ3n) is 3.21. The topological polar surface area (TPSA) is 51.2 Å². The van der Waals surface area contributed by atoms with Gasteiger partial charge in [-0.3, -0.25) is 9.78 Å². The van der Waals surface area contributed by atoms with Crippen LogP contribution in [-0.4, -0.2) is 23.6 Å². The molecule has 98 valence electrons. The molecule has 0 spiro atoms. The van der Waals surface area contributed by atoms with Crippen LogP contribution in [0.5, 0.6) is 0 Å². The number of aromatic nitrogens is 1. The quantitative estimate of drug-likeness (QED) is 0.898. The monoisotopic (exact) mass is 252 g/mol. The van der Waals surface area contributed by atoms with Gasteiger partial charge >= 0.3 is 0 Å². The summed E-state index contributed by atoms with van der Waals surface area (Å²) in [5.41, 5.74) is 0.176. The van der Waals surface area contributed by atoms with E-state index in [0.717, 1.165) is 25.5 Å². The Morgan fingerprint density at radius 3 is 3.22 bits per heavy atom. The minimum Gasteiger partial charge on any atom is -0.377 e. The fourth-order valence-electron chi connectivity index (χ4n) is 2.24. The number of nitrogens with zero attached hydrogens (tertiary/aromatic N) is 1. The molecule has 2 atom stereocenters. The van der Waals surface area contributed by atoms with Gasteiger partial charge in [0.2, 0.25) is 5.91 Å². The summed E-state index contributed by atoms with van der Waals surface area (Å²) in [5.74, 6) is -0.890. The first-order valence-corrected chi connectivity index (χ1v) is 6.24. The van der Waals surface area contributed by atoms with Crippen molar-refractivity contribution in [3.63, 3.8) is 0 Å². The van der Waals surface area contributed by atoms with E-state index in [4.69, 9.17) is 4.74 Å². The Hall–Kier alpha value is -1.49. The lowest BCUT2D eigenvalue weighted by atomic mass is 9.92. The third-order valence-corrected chi connectivity index (χ3v) is 3.21. The molecule has 0 aromatic carbocycles. The van der Waals surface area contributed by atoms with Gasteiger partial charge < -0.3 is 10.1 Å². The Kier molecular flexibility index (Phi) is 4.25. The van der Waals surface area contributed by atoms with Crippen molar-refractivity contribution < 1.29 is 13.9 Å². The fourth-order valence-corrected chi connectivity index (χ4v) is 2.24. The predicted octanol–water partition coefficient (Wildman–Crippen LogP) is 2.36. The zero-order valence-electron chi connectivity index (χ0n) is 10.4. The van der Waals surface area contributed by atoms with Crippen molar-refractivity contribution in [3.8, 4) is 0 Å². The highest BCUT2D eigenvalue weighted by Gasteiger charge is 2.30. The number of ether oxygens (including phenoxy) is 1. The van der Waals surface area contributed by atoms with E-state index >= 15 is 0 Å². The molecule has 2 unspecified atom stereocenters. The van der Waals surface area contributed by atoms with Crippen molar-refractivity contribution in [2.75, 3.05) is 11.9 Å². The van der Waals surface area contributed by atoms with Gasteiger partial charge in [0.15, 0.2) is 5.82 Å². The highest BCUT2D eigenvalue weighted by atomic mass is 19.1. The van der Waals surface area contributed by atoms with E-state index in [0.29, 0.717) is 6.61 Å². The molecule has 1 fully saturated rings. The summed E-state index contributed by atoms with van der Waals surface area (Å²) in [5, 5.41) is 2.61. The Morgan fingerprint density at radius 2 is 2.50 bits per heavy atom. The molecule has 2 heterocycles. The molecule has 4 nitrogen and oxygen atoms in total. The summed E-state index contributed by atoms with van der Waals surface area (Å²) in [7, 11) is 0. The predicted molar refractivity (Wildman–Crippen MR) is 65.6 cm³/mol. The Balaban J connectivity index is 2.05. The molecule has 1 saturated heterocycles. The Morgan fingerprint density at radius 1 is 1.67 bits per heavy atom. The van der Waals surface area contributed by atoms with E-state index in [2.05, 4.69) is 10.3 Å². The van der Waals surface area contributed by atoms with Crippen molar-refractivity contribution in [2.45, 2.75) is 32.3 Å². The molecule has 1 aliphatic rings. The summed E-state index contributed by atoms with van der Waals surface area (Å²) >= 11 is 0. The number of amides is 1. The molecule has 0 radical (unpaired) electrons. The van der Waals surface area contributed by atoms with Gasteiger partial charge in [-0.05, 0) is 25.3 Å². The average molecular weight is 252 g/mol. The van der Waals surface area contributed by atoms with E-state index in [1.807, 2.05) is 6.92 Å². The van der Waals surface area contributed by atoms with Crippen molar-refractivity contribution in [1.82, 2.24) is 4.98 Å². The van der Waals surface area contributed by atoms with Gasteiger partial charge in [0, 0.05) is 12.8 Å². The number of rotatable bonds is 3. The average Bonchev–Trinajstić information content (AvgIpc) is 2.41. The molecule has 1 N–H and O–H groups in total. The zero-order valence-corrected chi connectivity index (χ0v) is 10.4. The molecule has 0 bridgehead atoms. The molecular formula is C13H17FN2O2. The summed E-state index contributed by atoms with van der Waals surface area (Å²) in [6.45, 7) is 2.69.